The molecule has 0 aliphatic carbocycles. The Kier molecular flexibility index (Phi) is 3.19. The minimum Gasteiger partial charge on any atom is -0.497 e. The van der Waals surface area contributed by atoms with Crippen LogP contribution in [-0.4, -0.2) is 18.2 Å². The third-order valence-corrected chi connectivity index (χ3v) is 1.95. The predicted molar refractivity (Wildman–Crippen MR) is 53.7 cm³/mol. The molecular formula is C11H18O3. The maximum Gasteiger partial charge on any atom is 0.337 e. The van der Waals surface area contributed by atoms with E-state index in [-0.39, 0.29) is 5.97 Å². The third-order valence-electron chi connectivity index (χ3n) is 1.95. The number of ether oxygens (including phenoxy) is 2. The van der Waals surface area contributed by atoms with Gasteiger partial charge in [-0.25, -0.2) is 4.79 Å². The molecular weight excluding hydrogens is 180 g/mol. The molecule has 0 atom stereocenters. The number of allylic oxidation sites excluding steroid dienone is 1. The van der Waals surface area contributed by atoms with Crippen molar-refractivity contribution in [2.45, 2.75) is 46.1 Å². The van der Waals surface area contributed by atoms with Crippen molar-refractivity contribution in [3.63, 3.8) is 0 Å². The summed E-state index contributed by atoms with van der Waals surface area (Å²) in [5.41, 5.74) is 0.176. The van der Waals surface area contributed by atoms with Crippen molar-refractivity contribution < 1.29 is 14.3 Å². The highest BCUT2D eigenvalue weighted by Gasteiger charge is 2.22. The van der Waals surface area contributed by atoms with E-state index < -0.39 is 5.60 Å². The van der Waals surface area contributed by atoms with Crippen LogP contribution >= 0.6 is 0 Å². The maximum atomic E-state index is 11.6. The van der Waals surface area contributed by atoms with E-state index in [1.807, 2.05) is 20.8 Å². The minimum absolute atomic E-state index is 0.269. The predicted octanol–water partition coefficient (Wildman–Crippen LogP) is 2.41. The van der Waals surface area contributed by atoms with E-state index in [2.05, 4.69) is 0 Å². The molecule has 3 heteroatoms. The number of hydrogen-bond donors (Lipinski definition) is 0. The molecule has 80 valence electrons. The largest absolute Gasteiger partial charge is 0.497 e. The molecule has 0 saturated carbocycles. The number of hydrogen-bond acceptors (Lipinski definition) is 3. The number of rotatable bonds is 1. The van der Waals surface area contributed by atoms with E-state index >= 15 is 0 Å². The average molecular weight is 198 g/mol. The lowest BCUT2D eigenvalue weighted by molar-refractivity contribution is -0.150. The van der Waals surface area contributed by atoms with Gasteiger partial charge in [0.2, 0.25) is 0 Å². The van der Waals surface area contributed by atoms with E-state index in [0.717, 1.165) is 25.2 Å². The highest BCUT2D eigenvalue weighted by molar-refractivity contribution is 5.88. The monoisotopic (exact) mass is 198 g/mol. The molecule has 3 nitrogen and oxygen atoms in total. The lowest BCUT2D eigenvalue weighted by Gasteiger charge is -2.20. The standard InChI is InChI=1S/C11H18O3/c1-8(9-6-5-7-13-9)10(12)14-11(2,3)4/h5-7H2,1-4H3/b9-8+. The second-order valence-corrected chi connectivity index (χ2v) is 4.50. The zero-order valence-electron chi connectivity index (χ0n) is 9.35. The Bertz CT molecular complexity index is 250. The molecule has 1 aliphatic rings. The third kappa shape index (κ3) is 3.05. The SMILES string of the molecule is C/C(C(=O)OC(C)(C)C)=C1/CCCO1. The van der Waals surface area contributed by atoms with Crippen LogP contribution in [0.3, 0.4) is 0 Å². The van der Waals surface area contributed by atoms with E-state index in [4.69, 9.17) is 9.47 Å². The summed E-state index contributed by atoms with van der Waals surface area (Å²) < 4.78 is 10.6. The smallest absolute Gasteiger partial charge is 0.337 e. The molecule has 0 aromatic heterocycles. The molecule has 0 amide bonds. The van der Waals surface area contributed by atoms with Gasteiger partial charge < -0.3 is 9.47 Å². The Morgan fingerprint density at radius 3 is 2.50 bits per heavy atom. The first kappa shape index (κ1) is 11.1. The van der Waals surface area contributed by atoms with Crippen LogP contribution in [0.15, 0.2) is 11.3 Å². The van der Waals surface area contributed by atoms with Crippen LogP contribution in [0.4, 0.5) is 0 Å². The first-order valence-corrected chi connectivity index (χ1v) is 4.96. The molecule has 0 aromatic rings. The van der Waals surface area contributed by atoms with Crippen LogP contribution in [0.5, 0.6) is 0 Å². The first-order valence-electron chi connectivity index (χ1n) is 4.96. The Balaban J connectivity index is 2.65. The minimum atomic E-state index is -0.433. The summed E-state index contributed by atoms with van der Waals surface area (Å²) in [5, 5.41) is 0. The van der Waals surface area contributed by atoms with E-state index in [9.17, 15) is 4.79 Å². The van der Waals surface area contributed by atoms with Crippen LogP contribution in [0, 0.1) is 0 Å². The summed E-state index contributed by atoms with van der Waals surface area (Å²) in [6.45, 7) is 8.05. The molecule has 1 rings (SSSR count). The summed E-state index contributed by atoms with van der Waals surface area (Å²) in [4.78, 5) is 11.6. The Morgan fingerprint density at radius 1 is 1.43 bits per heavy atom. The summed E-state index contributed by atoms with van der Waals surface area (Å²) >= 11 is 0. The van der Waals surface area contributed by atoms with Crippen molar-refractivity contribution in [1.82, 2.24) is 0 Å². The molecule has 0 unspecified atom stereocenters. The van der Waals surface area contributed by atoms with Gasteiger partial charge in [0, 0.05) is 6.42 Å². The highest BCUT2D eigenvalue weighted by atomic mass is 16.6. The summed E-state index contributed by atoms with van der Waals surface area (Å²) in [7, 11) is 0. The van der Waals surface area contributed by atoms with Crippen molar-refractivity contribution in [3.05, 3.63) is 11.3 Å². The summed E-state index contributed by atoms with van der Waals surface area (Å²) in [6, 6.07) is 0. The van der Waals surface area contributed by atoms with Gasteiger partial charge in [0.15, 0.2) is 0 Å². The van der Waals surface area contributed by atoms with E-state index in [1.54, 1.807) is 6.92 Å². The van der Waals surface area contributed by atoms with Gasteiger partial charge >= 0.3 is 5.97 Å². The molecule has 1 heterocycles. The fourth-order valence-corrected chi connectivity index (χ4v) is 1.26. The van der Waals surface area contributed by atoms with Gasteiger partial charge in [-0.3, -0.25) is 0 Å². The Hall–Kier alpha value is -0.990. The van der Waals surface area contributed by atoms with Gasteiger partial charge in [0.25, 0.3) is 0 Å². The van der Waals surface area contributed by atoms with Crippen molar-refractivity contribution in [1.29, 1.82) is 0 Å². The maximum absolute atomic E-state index is 11.6. The molecule has 0 spiro atoms. The van der Waals surface area contributed by atoms with Gasteiger partial charge in [0.1, 0.15) is 11.4 Å². The van der Waals surface area contributed by atoms with Gasteiger partial charge in [-0.05, 0) is 34.1 Å². The molecule has 1 aliphatic heterocycles. The summed E-state index contributed by atoms with van der Waals surface area (Å²) in [5.74, 6) is 0.522. The molecule has 0 bridgehead atoms. The van der Waals surface area contributed by atoms with Gasteiger partial charge in [0.05, 0.1) is 12.2 Å². The zero-order valence-corrected chi connectivity index (χ0v) is 9.35. The van der Waals surface area contributed by atoms with Crippen LogP contribution in [0.1, 0.15) is 40.5 Å². The Labute approximate surface area is 85.1 Å². The molecule has 0 N–H and O–H groups in total. The van der Waals surface area contributed by atoms with Crippen LogP contribution in [0.25, 0.3) is 0 Å². The molecule has 14 heavy (non-hydrogen) atoms. The first-order chi connectivity index (χ1) is 6.40. The zero-order chi connectivity index (χ0) is 10.8. The van der Waals surface area contributed by atoms with Gasteiger partial charge in [-0.2, -0.15) is 0 Å². The highest BCUT2D eigenvalue weighted by Crippen LogP contribution is 2.22. The fraction of sp³-hybridized carbons (Fsp3) is 0.727. The van der Waals surface area contributed by atoms with Crippen molar-refractivity contribution in [3.8, 4) is 0 Å². The fourth-order valence-electron chi connectivity index (χ4n) is 1.26. The van der Waals surface area contributed by atoms with E-state index in [0.29, 0.717) is 5.57 Å². The van der Waals surface area contributed by atoms with Gasteiger partial charge in [-0.15, -0.1) is 0 Å². The van der Waals surface area contributed by atoms with E-state index in [1.165, 1.54) is 0 Å². The second kappa shape index (κ2) is 4.03. The number of carbonyl (C=O) groups is 1. The number of carbonyl (C=O) groups excluding carboxylic acids is 1. The van der Waals surface area contributed by atoms with Crippen LogP contribution < -0.4 is 0 Å². The second-order valence-electron chi connectivity index (χ2n) is 4.50. The van der Waals surface area contributed by atoms with Crippen LogP contribution in [0.2, 0.25) is 0 Å². The normalized spacial score (nSPS) is 20.3. The quantitative estimate of drug-likeness (QED) is 0.479. The van der Waals surface area contributed by atoms with Crippen molar-refractivity contribution >= 4 is 5.97 Å². The topological polar surface area (TPSA) is 35.5 Å². The molecule has 0 radical (unpaired) electrons. The molecule has 0 aromatic carbocycles. The molecule has 1 saturated heterocycles. The Morgan fingerprint density at radius 2 is 2.07 bits per heavy atom. The average Bonchev–Trinajstić information content (AvgIpc) is 2.51. The van der Waals surface area contributed by atoms with Crippen molar-refractivity contribution in [2.24, 2.45) is 0 Å². The van der Waals surface area contributed by atoms with Crippen LogP contribution in [-0.2, 0) is 14.3 Å². The number of esters is 1. The van der Waals surface area contributed by atoms with Crippen molar-refractivity contribution in [2.75, 3.05) is 6.61 Å². The summed E-state index contributed by atoms with van der Waals surface area (Å²) in [6.07, 6.45) is 1.85. The molecule has 1 fully saturated rings. The lowest BCUT2D eigenvalue weighted by atomic mass is 10.1. The lowest BCUT2D eigenvalue weighted by Crippen LogP contribution is -2.24. The van der Waals surface area contributed by atoms with Gasteiger partial charge in [-0.1, -0.05) is 0 Å².